The third-order valence-electron chi connectivity index (χ3n) is 6.65. The number of nitrogens with zero attached hydrogens (tertiary/aromatic N) is 1. The van der Waals surface area contributed by atoms with Crippen molar-refractivity contribution in [2.75, 3.05) is 26.2 Å². The number of halogens is 1. The van der Waals surface area contributed by atoms with E-state index >= 15 is 0 Å². The predicted octanol–water partition coefficient (Wildman–Crippen LogP) is 7.19. The first-order valence-corrected chi connectivity index (χ1v) is 13.1. The van der Waals surface area contributed by atoms with Gasteiger partial charge in [-0.25, -0.2) is 0 Å². The summed E-state index contributed by atoms with van der Waals surface area (Å²) < 4.78 is 6.87. The normalized spacial score (nSPS) is 16.1. The number of phenols is 1. The predicted molar refractivity (Wildman–Crippen MR) is 144 cm³/mol. The van der Waals surface area contributed by atoms with Crippen molar-refractivity contribution in [3.63, 3.8) is 0 Å². The number of aromatic hydroxyl groups is 1. The Labute approximate surface area is 214 Å². The quantitative estimate of drug-likeness (QED) is 0.270. The van der Waals surface area contributed by atoms with Crippen LogP contribution in [0.3, 0.4) is 0 Å². The fourth-order valence-corrected chi connectivity index (χ4v) is 6.12. The van der Waals surface area contributed by atoms with E-state index in [1.807, 2.05) is 43.3 Å². The molecule has 0 aliphatic carbocycles. The molecule has 0 bridgehead atoms. The number of carbonyl (C=O) groups is 1. The van der Waals surface area contributed by atoms with Gasteiger partial charge in [-0.2, -0.15) is 0 Å². The summed E-state index contributed by atoms with van der Waals surface area (Å²) in [6, 6.07) is 18.6. The number of rotatable bonds is 7. The van der Waals surface area contributed by atoms with Crippen molar-refractivity contribution in [3.8, 4) is 22.6 Å². The van der Waals surface area contributed by atoms with E-state index < -0.39 is 0 Å². The highest BCUT2D eigenvalue weighted by Gasteiger charge is 2.23. The number of hydrogen-bond acceptors (Lipinski definition) is 5. The number of thiophene rings is 1. The summed E-state index contributed by atoms with van der Waals surface area (Å²) in [5.74, 6) is 1.70. The Kier molecular flexibility index (Phi) is 6.83. The fourth-order valence-electron chi connectivity index (χ4n) is 4.73. The van der Waals surface area contributed by atoms with Crippen LogP contribution in [0.1, 0.15) is 34.1 Å². The highest BCUT2D eigenvalue weighted by Crippen LogP contribution is 2.42. The smallest absolute Gasteiger partial charge is 0.203 e. The first-order chi connectivity index (χ1) is 16.9. The average molecular weight is 506 g/mol. The summed E-state index contributed by atoms with van der Waals surface area (Å²) in [7, 11) is 0. The van der Waals surface area contributed by atoms with Crippen LogP contribution in [-0.4, -0.2) is 42.0 Å². The van der Waals surface area contributed by atoms with Gasteiger partial charge in [0.2, 0.25) is 5.78 Å². The summed E-state index contributed by atoms with van der Waals surface area (Å²) >= 11 is 7.61. The summed E-state index contributed by atoms with van der Waals surface area (Å²) in [5, 5.41) is 11.5. The minimum atomic E-state index is -0.0687. The number of carbonyl (C=O) groups excluding carboxylic acids is 1. The van der Waals surface area contributed by atoms with Gasteiger partial charge in [0.05, 0.1) is 4.88 Å². The molecule has 4 nitrogen and oxygen atoms in total. The van der Waals surface area contributed by atoms with Gasteiger partial charge in [0, 0.05) is 39.3 Å². The van der Waals surface area contributed by atoms with Crippen molar-refractivity contribution in [2.24, 2.45) is 5.92 Å². The lowest BCUT2D eigenvalue weighted by molar-refractivity contribution is 0.104. The zero-order valence-electron chi connectivity index (χ0n) is 19.9. The molecule has 0 unspecified atom stereocenters. The molecule has 180 valence electrons. The number of benzene rings is 3. The molecule has 35 heavy (non-hydrogen) atoms. The van der Waals surface area contributed by atoms with Crippen LogP contribution in [0.2, 0.25) is 5.02 Å². The number of aryl methyl sites for hydroxylation is 1. The van der Waals surface area contributed by atoms with Gasteiger partial charge in [-0.05, 0) is 79.4 Å². The molecule has 0 saturated carbocycles. The lowest BCUT2D eigenvalue weighted by Gasteiger charge is -2.15. The van der Waals surface area contributed by atoms with Gasteiger partial charge in [0.1, 0.15) is 18.1 Å². The molecule has 3 aromatic carbocycles. The zero-order valence-corrected chi connectivity index (χ0v) is 21.5. The highest BCUT2D eigenvalue weighted by atomic mass is 35.5. The Morgan fingerprint density at radius 3 is 2.69 bits per heavy atom. The Bertz CT molecular complexity index is 1380. The monoisotopic (exact) mass is 505 g/mol. The van der Waals surface area contributed by atoms with Crippen molar-refractivity contribution in [1.82, 2.24) is 4.90 Å². The third kappa shape index (κ3) is 5.08. The average Bonchev–Trinajstić information content (AvgIpc) is 3.43. The van der Waals surface area contributed by atoms with Gasteiger partial charge < -0.3 is 9.84 Å². The summed E-state index contributed by atoms with van der Waals surface area (Å²) in [6.45, 7) is 8.09. The zero-order chi connectivity index (χ0) is 24.5. The topological polar surface area (TPSA) is 49.8 Å². The Hall–Kier alpha value is -2.86. The van der Waals surface area contributed by atoms with Crippen LogP contribution < -0.4 is 4.74 Å². The third-order valence-corrected chi connectivity index (χ3v) is 8.04. The Morgan fingerprint density at radius 2 is 1.94 bits per heavy atom. The molecule has 1 aliphatic heterocycles. The number of likely N-dealkylation sites (tertiary alicyclic amines) is 1. The van der Waals surface area contributed by atoms with E-state index in [4.69, 9.17) is 16.3 Å². The first kappa shape index (κ1) is 23.9. The molecule has 6 heteroatoms. The van der Waals surface area contributed by atoms with E-state index in [9.17, 15) is 9.90 Å². The SMILES string of the molecule is Cc1ccc(Cl)cc1C(=O)c1sc2cc(O)ccc2c1-c1ccc(OCCN2CC[C@H](C)C2)cc1. The second-order valence-electron chi connectivity index (χ2n) is 9.34. The molecule has 4 aromatic rings. The van der Waals surface area contributed by atoms with Crippen LogP contribution >= 0.6 is 22.9 Å². The molecule has 1 N–H and O–H groups in total. The first-order valence-electron chi connectivity index (χ1n) is 11.9. The molecular formula is C29H28ClNO3S. The van der Waals surface area contributed by atoms with E-state index in [-0.39, 0.29) is 11.5 Å². The second-order valence-corrected chi connectivity index (χ2v) is 10.8. The minimum absolute atomic E-state index is 0.0687. The molecule has 1 saturated heterocycles. The minimum Gasteiger partial charge on any atom is -0.508 e. The van der Waals surface area contributed by atoms with Crippen LogP contribution in [0.15, 0.2) is 60.7 Å². The number of fused-ring (bicyclic) bond motifs is 1. The maximum Gasteiger partial charge on any atom is 0.203 e. The van der Waals surface area contributed by atoms with Crippen molar-refractivity contribution < 1.29 is 14.6 Å². The Balaban J connectivity index is 1.45. The number of ketones is 1. The van der Waals surface area contributed by atoms with Gasteiger partial charge in [-0.3, -0.25) is 9.69 Å². The maximum atomic E-state index is 13.7. The summed E-state index contributed by atoms with van der Waals surface area (Å²) in [5.41, 5.74) is 3.27. The molecule has 1 fully saturated rings. The van der Waals surface area contributed by atoms with Crippen molar-refractivity contribution in [3.05, 3.63) is 81.7 Å². The van der Waals surface area contributed by atoms with Crippen LogP contribution in [0, 0.1) is 12.8 Å². The largest absolute Gasteiger partial charge is 0.508 e. The van der Waals surface area contributed by atoms with E-state index in [2.05, 4.69) is 11.8 Å². The van der Waals surface area contributed by atoms with Crippen molar-refractivity contribution in [2.45, 2.75) is 20.3 Å². The molecule has 1 aromatic heterocycles. The standard InChI is InChI=1S/C29H28ClNO3S/c1-18-11-12-31(17-18)13-14-34-23-8-4-20(5-9-23)27-24-10-7-22(32)16-26(24)35-29(27)28(33)25-15-21(30)6-3-19(25)2/h3-10,15-16,18,32H,11-14,17H2,1-2H3/t18-/m0/s1. The highest BCUT2D eigenvalue weighted by molar-refractivity contribution is 7.21. The van der Waals surface area contributed by atoms with Gasteiger partial charge in [0.15, 0.2) is 0 Å². The van der Waals surface area contributed by atoms with Crippen LogP contribution in [-0.2, 0) is 0 Å². The van der Waals surface area contributed by atoms with E-state index in [0.717, 1.165) is 58.1 Å². The molecule has 0 radical (unpaired) electrons. The van der Waals surface area contributed by atoms with Crippen LogP contribution in [0.25, 0.3) is 21.2 Å². The molecule has 1 aliphatic rings. The Morgan fingerprint density at radius 1 is 1.14 bits per heavy atom. The van der Waals surface area contributed by atoms with Crippen molar-refractivity contribution >= 4 is 38.8 Å². The molecule has 0 spiro atoms. The molecular weight excluding hydrogens is 478 g/mol. The lowest BCUT2D eigenvalue weighted by Crippen LogP contribution is -2.25. The number of hydrogen-bond donors (Lipinski definition) is 1. The van der Waals surface area contributed by atoms with E-state index in [1.54, 1.807) is 24.3 Å². The van der Waals surface area contributed by atoms with Crippen molar-refractivity contribution in [1.29, 1.82) is 0 Å². The van der Waals surface area contributed by atoms with Gasteiger partial charge in [0.25, 0.3) is 0 Å². The van der Waals surface area contributed by atoms with Gasteiger partial charge in [-0.1, -0.05) is 36.7 Å². The van der Waals surface area contributed by atoms with Gasteiger partial charge in [-0.15, -0.1) is 11.3 Å². The second kappa shape index (κ2) is 10.0. The van der Waals surface area contributed by atoms with Crippen LogP contribution in [0.4, 0.5) is 0 Å². The van der Waals surface area contributed by atoms with Gasteiger partial charge >= 0.3 is 0 Å². The lowest BCUT2D eigenvalue weighted by atomic mass is 9.96. The van der Waals surface area contributed by atoms with Crippen LogP contribution in [0.5, 0.6) is 11.5 Å². The number of ether oxygens (including phenoxy) is 1. The number of phenolic OH excluding ortho intramolecular Hbond substituents is 1. The molecule has 0 amide bonds. The summed E-state index contributed by atoms with van der Waals surface area (Å²) in [6.07, 6.45) is 1.26. The molecule has 2 heterocycles. The van der Waals surface area contributed by atoms with E-state index in [1.165, 1.54) is 17.8 Å². The summed E-state index contributed by atoms with van der Waals surface area (Å²) in [4.78, 5) is 16.8. The maximum absolute atomic E-state index is 13.7. The van der Waals surface area contributed by atoms with E-state index in [0.29, 0.717) is 22.1 Å². The fraction of sp³-hybridized carbons (Fsp3) is 0.276. The molecule has 1 atom stereocenters. The molecule has 5 rings (SSSR count).